The number of benzene rings is 8. The van der Waals surface area contributed by atoms with Gasteiger partial charge in [-0.05, 0) is 73.3 Å². The molecule has 286 valence electrons. The van der Waals surface area contributed by atoms with Crippen LogP contribution in [0, 0.1) is 0 Å². The van der Waals surface area contributed by atoms with Gasteiger partial charge in [-0.1, -0.05) is 218 Å². The van der Waals surface area contributed by atoms with Crippen molar-refractivity contribution in [3.63, 3.8) is 0 Å². The van der Waals surface area contributed by atoms with Gasteiger partial charge < -0.3 is 0 Å². The molecule has 1 aliphatic rings. The maximum absolute atomic E-state index is 5.34. The molecule has 61 heavy (non-hydrogen) atoms. The number of nitrogens with zero attached hydrogens (tertiary/aromatic N) is 3. The molecular formula is C58H39N3. The van der Waals surface area contributed by atoms with E-state index in [4.69, 9.17) is 15.0 Å². The van der Waals surface area contributed by atoms with E-state index in [-0.39, 0.29) is 0 Å². The van der Waals surface area contributed by atoms with Gasteiger partial charge in [-0.3, -0.25) is 4.98 Å². The lowest BCUT2D eigenvalue weighted by molar-refractivity contribution is 0.768. The highest BCUT2D eigenvalue weighted by Crippen LogP contribution is 2.58. The maximum atomic E-state index is 5.34. The second kappa shape index (κ2) is 15.3. The molecule has 3 nitrogen and oxygen atoms in total. The molecule has 0 saturated carbocycles. The summed E-state index contributed by atoms with van der Waals surface area (Å²) in [5, 5.41) is 0. The molecule has 0 atom stereocenters. The minimum absolute atomic E-state index is 0.514. The van der Waals surface area contributed by atoms with Crippen LogP contribution in [-0.4, -0.2) is 15.0 Å². The van der Waals surface area contributed by atoms with Crippen molar-refractivity contribution < 1.29 is 0 Å². The molecule has 1 aliphatic carbocycles. The van der Waals surface area contributed by atoms with Crippen LogP contribution in [0.4, 0.5) is 0 Å². The van der Waals surface area contributed by atoms with Gasteiger partial charge in [0.15, 0.2) is 5.82 Å². The third kappa shape index (κ3) is 6.27. The second-order valence-corrected chi connectivity index (χ2v) is 15.5. The standard InChI is InChI=1S/C58H39N3/c1-5-17-40(18-6-1)42-30-34-44(35-31-42)53-39-54(61-57(60-53)45-36-32-43(33-37-45)41-19-7-2-8-20-41)56-49(27-16-38-59-56)48-26-15-29-52-55(48)50-25-13-14-28-51(50)58(52,46-21-9-3-10-22-46)47-23-11-4-12-24-47/h1-39H. The second-order valence-electron chi connectivity index (χ2n) is 15.5. The van der Waals surface area contributed by atoms with Gasteiger partial charge in [-0.2, -0.15) is 0 Å². The molecular weight excluding hydrogens is 739 g/mol. The van der Waals surface area contributed by atoms with Crippen molar-refractivity contribution in [2.75, 3.05) is 0 Å². The van der Waals surface area contributed by atoms with Crippen molar-refractivity contribution in [1.82, 2.24) is 15.0 Å². The van der Waals surface area contributed by atoms with E-state index in [1.165, 1.54) is 44.5 Å². The van der Waals surface area contributed by atoms with E-state index in [9.17, 15) is 0 Å². The van der Waals surface area contributed by atoms with Crippen LogP contribution in [-0.2, 0) is 5.41 Å². The first-order valence-corrected chi connectivity index (χ1v) is 20.8. The summed E-state index contributed by atoms with van der Waals surface area (Å²) < 4.78 is 0. The number of aromatic nitrogens is 3. The SMILES string of the molecule is c1ccc(-c2ccc(-c3cc(-c4ncccc4-c4cccc5c4-c4ccccc4C5(c4ccccc4)c4ccccc4)nc(-c4ccc(-c5ccccc5)cc4)n3)cc2)cc1. The largest absolute Gasteiger partial charge is 0.254 e. The molecule has 10 aromatic rings. The van der Waals surface area contributed by atoms with E-state index < -0.39 is 5.41 Å². The van der Waals surface area contributed by atoms with Gasteiger partial charge >= 0.3 is 0 Å². The van der Waals surface area contributed by atoms with E-state index in [0.717, 1.165) is 50.5 Å². The third-order valence-corrected chi connectivity index (χ3v) is 12.1. The van der Waals surface area contributed by atoms with Crippen LogP contribution in [0.15, 0.2) is 237 Å². The fourth-order valence-electron chi connectivity index (χ4n) is 9.30. The minimum atomic E-state index is -0.514. The number of pyridine rings is 1. The Morgan fingerprint density at radius 3 is 1.39 bits per heavy atom. The number of hydrogen-bond donors (Lipinski definition) is 0. The smallest absolute Gasteiger partial charge is 0.160 e. The van der Waals surface area contributed by atoms with Crippen LogP contribution in [0.2, 0.25) is 0 Å². The molecule has 0 saturated heterocycles. The van der Waals surface area contributed by atoms with Crippen LogP contribution >= 0.6 is 0 Å². The summed E-state index contributed by atoms with van der Waals surface area (Å²) in [5.74, 6) is 0.645. The Kier molecular flexibility index (Phi) is 9.05. The van der Waals surface area contributed by atoms with E-state index in [0.29, 0.717) is 5.82 Å². The summed E-state index contributed by atoms with van der Waals surface area (Å²) in [6.07, 6.45) is 1.87. The van der Waals surface area contributed by atoms with Crippen molar-refractivity contribution >= 4 is 0 Å². The van der Waals surface area contributed by atoms with Crippen LogP contribution in [0.5, 0.6) is 0 Å². The molecule has 0 bridgehead atoms. The number of fused-ring (bicyclic) bond motifs is 3. The summed E-state index contributed by atoms with van der Waals surface area (Å²) in [7, 11) is 0. The predicted octanol–water partition coefficient (Wildman–Crippen LogP) is 14.2. The van der Waals surface area contributed by atoms with Gasteiger partial charge in [-0.25, -0.2) is 9.97 Å². The van der Waals surface area contributed by atoms with Crippen LogP contribution < -0.4 is 0 Å². The Balaban J connectivity index is 1.11. The van der Waals surface area contributed by atoms with Crippen molar-refractivity contribution in [1.29, 1.82) is 0 Å². The Bertz CT molecular complexity index is 3000. The van der Waals surface area contributed by atoms with E-state index in [1.54, 1.807) is 0 Å². The highest BCUT2D eigenvalue weighted by molar-refractivity contribution is 5.98. The van der Waals surface area contributed by atoms with E-state index in [2.05, 4.69) is 212 Å². The van der Waals surface area contributed by atoms with Crippen molar-refractivity contribution in [2.24, 2.45) is 0 Å². The molecule has 3 heteroatoms. The number of rotatable bonds is 8. The third-order valence-electron chi connectivity index (χ3n) is 12.1. The zero-order valence-corrected chi connectivity index (χ0v) is 33.4. The lowest BCUT2D eigenvalue weighted by atomic mass is 9.67. The molecule has 0 fully saturated rings. The van der Waals surface area contributed by atoms with E-state index >= 15 is 0 Å². The predicted molar refractivity (Wildman–Crippen MR) is 250 cm³/mol. The van der Waals surface area contributed by atoms with E-state index in [1.807, 2.05) is 24.4 Å². The van der Waals surface area contributed by atoms with Crippen molar-refractivity contribution in [2.45, 2.75) is 5.41 Å². The minimum Gasteiger partial charge on any atom is -0.254 e. The Hall–Kier alpha value is -8.01. The lowest BCUT2D eigenvalue weighted by Crippen LogP contribution is -2.28. The van der Waals surface area contributed by atoms with Gasteiger partial charge in [0.1, 0.15) is 0 Å². The summed E-state index contributed by atoms with van der Waals surface area (Å²) in [4.78, 5) is 15.7. The molecule has 0 spiro atoms. The van der Waals surface area contributed by atoms with Crippen LogP contribution in [0.1, 0.15) is 22.3 Å². The molecule has 0 unspecified atom stereocenters. The molecule has 0 amide bonds. The van der Waals surface area contributed by atoms with Gasteiger partial charge in [0, 0.05) is 22.9 Å². The van der Waals surface area contributed by atoms with Crippen molar-refractivity contribution in [3.8, 4) is 78.5 Å². The normalized spacial score (nSPS) is 12.4. The summed E-state index contributed by atoms with van der Waals surface area (Å²) in [6.45, 7) is 0. The monoisotopic (exact) mass is 777 g/mol. The zero-order chi connectivity index (χ0) is 40.6. The lowest BCUT2D eigenvalue weighted by Gasteiger charge is -2.34. The average molecular weight is 778 g/mol. The van der Waals surface area contributed by atoms with Gasteiger partial charge in [-0.15, -0.1) is 0 Å². The Morgan fingerprint density at radius 2 is 0.770 bits per heavy atom. The quantitative estimate of drug-likeness (QED) is 0.154. The van der Waals surface area contributed by atoms with Crippen molar-refractivity contribution in [3.05, 3.63) is 259 Å². The molecule has 0 N–H and O–H groups in total. The fraction of sp³-hybridized carbons (Fsp3) is 0.0172. The summed E-state index contributed by atoms with van der Waals surface area (Å²) in [5.41, 5.74) is 18.0. The summed E-state index contributed by atoms with van der Waals surface area (Å²) >= 11 is 0. The maximum Gasteiger partial charge on any atom is 0.160 e. The first kappa shape index (κ1) is 36.1. The van der Waals surface area contributed by atoms with Gasteiger partial charge in [0.05, 0.1) is 22.5 Å². The highest BCUT2D eigenvalue weighted by atomic mass is 14.9. The molecule has 8 aromatic carbocycles. The fourth-order valence-corrected chi connectivity index (χ4v) is 9.30. The average Bonchev–Trinajstić information content (AvgIpc) is 3.66. The molecule has 0 radical (unpaired) electrons. The zero-order valence-electron chi connectivity index (χ0n) is 33.4. The van der Waals surface area contributed by atoms with Gasteiger partial charge in [0.25, 0.3) is 0 Å². The van der Waals surface area contributed by atoms with Gasteiger partial charge in [0.2, 0.25) is 0 Å². The first-order chi connectivity index (χ1) is 30.3. The highest BCUT2D eigenvalue weighted by Gasteiger charge is 2.46. The summed E-state index contributed by atoms with van der Waals surface area (Å²) in [6, 6.07) is 82.0. The molecule has 11 rings (SSSR count). The Labute approximate surface area is 356 Å². The molecule has 0 aliphatic heterocycles. The van der Waals surface area contributed by atoms with Crippen LogP contribution in [0.25, 0.3) is 78.5 Å². The number of hydrogen-bond acceptors (Lipinski definition) is 3. The molecule has 2 aromatic heterocycles. The molecule has 2 heterocycles. The topological polar surface area (TPSA) is 38.7 Å². The first-order valence-electron chi connectivity index (χ1n) is 20.8. The Morgan fingerprint density at radius 1 is 0.311 bits per heavy atom. The van der Waals surface area contributed by atoms with Crippen LogP contribution in [0.3, 0.4) is 0 Å².